The molecule has 0 bridgehead atoms. The van der Waals surface area contributed by atoms with Crippen molar-refractivity contribution in [1.29, 1.82) is 0 Å². The number of ether oxygens (including phenoxy) is 5. The number of aliphatic carboxylic acids is 1. The molecule has 1 atom stereocenters. The predicted molar refractivity (Wildman–Crippen MR) is 116 cm³/mol. The van der Waals surface area contributed by atoms with Gasteiger partial charge in [0.1, 0.15) is 17.5 Å². The lowest BCUT2D eigenvalue weighted by molar-refractivity contribution is -0.141. The number of rotatable bonds is 9. The van der Waals surface area contributed by atoms with E-state index in [1.807, 2.05) is 0 Å². The van der Waals surface area contributed by atoms with Crippen molar-refractivity contribution in [3.05, 3.63) is 47.2 Å². The first-order valence-electron chi connectivity index (χ1n) is 9.81. The molecule has 33 heavy (non-hydrogen) atoms. The zero-order valence-electron chi connectivity index (χ0n) is 18.5. The van der Waals surface area contributed by atoms with Gasteiger partial charge in [0.25, 0.3) is 5.91 Å². The van der Waals surface area contributed by atoms with E-state index in [4.69, 9.17) is 28.8 Å². The van der Waals surface area contributed by atoms with Crippen molar-refractivity contribution >= 4 is 23.7 Å². The molecule has 1 unspecified atom stereocenters. The quantitative estimate of drug-likeness (QED) is 0.545. The third-order valence-electron chi connectivity index (χ3n) is 4.78. The van der Waals surface area contributed by atoms with Crippen molar-refractivity contribution in [2.75, 3.05) is 27.9 Å². The summed E-state index contributed by atoms with van der Waals surface area (Å²) < 4.78 is 27.2. The summed E-state index contributed by atoms with van der Waals surface area (Å²) in [6.45, 7) is 0.951. The molecule has 0 aromatic heterocycles. The van der Waals surface area contributed by atoms with Gasteiger partial charge in [0.15, 0.2) is 23.9 Å². The highest BCUT2D eigenvalue weighted by Crippen LogP contribution is 2.42. The van der Waals surface area contributed by atoms with Crippen LogP contribution in [0.3, 0.4) is 0 Å². The molecule has 1 aliphatic heterocycles. The summed E-state index contributed by atoms with van der Waals surface area (Å²) in [5.74, 6) is -0.233. The molecule has 3 rings (SSSR count). The van der Waals surface area contributed by atoms with Gasteiger partial charge in [-0.2, -0.15) is 0 Å². The van der Waals surface area contributed by atoms with Crippen LogP contribution in [0.4, 0.5) is 0 Å². The van der Waals surface area contributed by atoms with E-state index in [1.165, 1.54) is 52.5 Å². The Hall–Kier alpha value is -4.21. The largest absolute Gasteiger partial charge is 0.493 e. The van der Waals surface area contributed by atoms with Crippen LogP contribution in [0.25, 0.3) is 6.08 Å². The van der Waals surface area contributed by atoms with Crippen molar-refractivity contribution in [1.82, 2.24) is 5.32 Å². The second-order valence-electron chi connectivity index (χ2n) is 6.94. The fraction of sp³-hybridized carbons (Fsp3) is 0.261. The minimum atomic E-state index is -1.15. The first kappa shape index (κ1) is 23.5. The van der Waals surface area contributed by atoms with E-state index in [0.29, 0.717) is 28.4 Å². The lowest BCUT2D eigenvalue weighted by Crippen LogP contribution is -2.40. The first-order chi connectivity index (χ1) is 15.8. The van der Waals surface area contributed by atoms with Crippen molar-refractivity contribution in [3.63, 3.8) is 0 Å². The van der Waals surface area contributed by atoms with E-state index in [-0.39, 0.29) is 23.0 Å². The molecule has 0 saturated carbocycles. The minimum Gasteiger partial charge on any atom is -0.493 e. The number of carbonyl (C=O) groups excluding carboxylic acids is 2. The van der Waals surface area contributed by atoms with Crippen LogP contribution in [0.15, 0.2) is 36.1 Å². The molecule has 1 heterocycles. The van der Waals surface area contributed by atoms with Gasteiger partial charge in [0.05, 0.1) is 26.9 Å². The molecule has 0 fully saturated rings. The average molecular weight is 457 g/mol. The molecule has 10 nitrogen and oxygen atoms in total. The van der Waals surface area contributed by atoms with Crippen molar-refractivity contribution < 1.29 is 43.2 Å². The van der Waals surface area contributed by atoms with Gasteiger partial charge >= 0.3 is 5.97 Å². The number of carboxylic acid groups (broad SMARTS) is 1. The van der Waals surface area contributed by atoms with Gasteiger partial charge < -0.3 is 34.1 Å². The number of methoxy groups -OCH3 is 3. The van der Waals surface area contributed by atoms with E-state index < -0.39 is 24.5 Å². The van der Waals surface area contributed by atoms with E-state index in [0.717, 1.165) is 0 Å². The van der Waals surface area contributed by atoms with Crippen molar-refractivity contribution in [3.8, 4) is 28.7 Å². The molecule has 0 radical (unpaired) electrons. The molecule has 1 amide bonds. The molecular formula is C23H23NO9. The summed E-state index contributed by atoms with van der Waals surface area (Å²) in [7, 11) is 4.46. The number of carbonyl (C=O) groups is 3. The topological polar surface area (TPSA) is 130 Å². The fourth-order valence-corrected chi connectivity index (χ4v) is 3.13. The van der Waals surface area contributed by atoms with Crippen LogP contribution in [-0.2, 0) is 9.59 Å². The maximum atomic E-state index is 12.8. The van der Waals surface area contributed by atoms with Gasteiger partial charge in [-0.3, -0.25) is 14.4 Å². The predicted octanol–water partition coefficient (Wildman–Crippen LogP) is 2.30. The molecule has 0 saturated heterocycles. The Morgan fingerprint density at radius 3 is 2.45 bits per heavy atom. The van der Waals surface area contributed by atoms with Crippen LogP contribution < -0.4 is 29.0 Å². The van der Waals surface area contributed by atoms with Crippen LogP contribution in [0, 0.1) is 0 Å². The van der Waals surface area contributed by atoms with E-state index in [2.05, 4.69) is 5.32 Å². The number of allylic oxidation sites excluding steroid dienone is 1. The summed E-state index contributed by atoms with van der Waals surface area (Å²) in [5.41, 5.74) is 0.879. The van der Waals surface area contributed by atoms with Gasteiger partial charge in [-0.1, -0.05) is 0 Å². The number of fused-ring (bicyclic) bond motifs is 1. The number of amides is 1. The normalized spacial score (nSPS) is 14.2. The number of hydrogen-bond acceptors (Lipinski definition) is 8. The number of benzene rings is 2. The zero-order valence-corrected chi connectivity index (χ0v) is 18.5. The maximum absolute atomic E-state index is 12.8. The molecular weight excluding hydrogens is 434 g/mol. The second-order valence-corrected chi connectivity index (χ2v) is 6.94. The summed E-state index contributed by atoms with van der Waals surface area (Å²) in [4.78, 5) is 35.4. The number of ketones is 1. The first-order valence-corrected chi connectivity index (χ1v) is 9.81. The third kappa shape index (κ3) is 5.00. The molecule has 0 spiro atoms. The lowest BCUT2D eigenvalue weighted by Gasteiger charge is -2.14. The van der Waals surface area contributed by atoms with Crippen LogP contribution >= 0.6 is 0 Å². The average Bonchev–Trinajstić information content (AvgIpc) is 3.11. The smallest absolute Gasteiger partial charge is 0.325 e. The highest BCUT2D eigenvalue weighted by molar-refractivity contribution is 6.14. The summed E-state index contributed by atoms with van der Waals surface area (Å²) >= 11 is 0. The van der Waals surface area contributed by atoms with Crippen LogP contribution in [0.5, 0.6) is 28.7 Å². The Labute approximate surface area is 189 Å². The second kappa shape index (κ2) is 9.94. The maximum Gasteiger partial charge on any atom is 0.325 e. The van der Waals surface area contributed by atoms with E-state index in [1.54, 1.807) is 12.1 Å². The Balaban J connectivity index is 1.78. The fourth-order valence-electron chi connectivity index (χ4n) is 3.13. The molecule has 10 heteroatoms. The Morgan fingerprint density at radius 1 is 1.09 bits per heavy atom. The number of carboxylic acids is 1. The molecule has 2 aromatic carbocycles. The minimum absolute atomic E-state index is 0.0701. The van der Waals surface area contributed by atoms with Gasteiger partial charge in [0, 0.05) is 11.6 Å². The highest BCUT2D eigenvalue weighted by atomic mass is 16.5. The van der Waals surface area contributed by atoms with E-state index >= 15 is 0 Å². The lowest BCUT2D eigenvalue weighted by atomic mass is 10.1. The number of Topliss-reactive ketones (excluding diaryl/α,β-unsaturated/α-hetero) is 1. The van der Waals surface area contributed by atoms with Crippen LogP contribution in [-0.4, -0.2) is 56.7 Å². The highest BCUT2D eigenvalue weighted by Gasteiger charge is 2.29. The van der Waals surface area contributed by atoms with Crippen molar-refractivity contribution in [2.24, 2.45) is 0 Å². The number of hydrogen-bond donors (Lipinski definition) is 2. The Bertz CT molecular complexity index is 1120. The summed E-state index contributed by atoms with van der Waals surface area (Å²) in [6, 6.07) is 6.88. The molecule has 2 N–H and O–H groups in total. The van der Waals surface area contributed by atoms with Gasteiger partial charge in [0.2, 0.25) is 11.5 Å². The molecule has 0 aliphatic carbocycles. The van der Waals surface area contributed by atoms with Gasteiger partial charge in [-0.25, -0.2) is 0 Å². The van der Waals surface area contributed by atoms with Gasteiger partial charge in [-0.15, -0.1) is 0 Å². The Kier molecular flexibility index (Phi) is 7.07. The Morgan fingerprint density at radius 2 is 1.82 bits per heavy atom. The summed E-state index contributed by atoms with van der Waals surface area (Å²) in [6.07, 6.45) is 1.53. The zero-order chi connectivity index (χ0) is 24.1. The monoisotopic (exact) mass is 457 g/mol. The summed E-state index contributed by atoms with van der Waals surface area (Å²) in [5, 5.41) is 11.1. The SMILES string of the molecule is COc1ccc(C=C2Oc3cc(OCC(=O)NC(C)C(=O)O)ccc3C2=O)c(OC)c1OC. The van der Waals surface area contributed by atoms with E-state index in [9.17, 15) is 14.4 Å². The molecule has 1 aliphatic rings. The van der Waals surface area contributed by atoms with Crippen molar-refractivity contribution in [2.45, 2.75) is 13.0 Å². The van der Waals surface area contributed by atoms with Crippen LogP contribution in [0.2, 0.25) is 0 Å². The number of nitrogens with one attached hydrogen (secondary N) is 1. The van der Waals surface area contributed by atoms with Gasteiger partial charge in [-0.05, 0) is 37.3 Å². The van der Waals surface area contributed by atoms with Crippen LogP contribution in [0.1, 0.15) is 22.8 Å². The molecule has 174 valence electrons. The third-order valence-corrected chi connectivity index (χ3v) is 4.78. The molecule has 2 aromatic rings. The standard InChI is InChI=1S/C23H23NO9/c1-12(23(27)28)24-19(25)11-32-14-6-7-15-17(10-14)33-18(20(15)26)9-13-5-8-16(29-2)22(31-4)21(13)30-3/h5-10,12H,11H2,1-4H3,(H,24,25)(H,27,28).